The number of nitro benzene ring substituents is 1. The van der Waals surface area contributed by atoms with Crippen molar-refractivity contribution in [2.75, 3.05) is 13.1 Å². The van der Waals surface area contributed by atoms with Crippen LogP contribution in [0.5, 0.6) is 5.75 Å². The summed E-state index contributed by atoms with van der Waals surface area (Å²) in [6.45, 7) is 0.758. The average Bonchev–Trinajstić information content (AvgIpc) is 2.98. The highest BCUT2D eigenvalue weighted by molar-refractivity contribution is 6.31. The van der Waals surface area contributed by atoms with Crippen LogP contribution in [0, 0.1) is 10.1 Å². The number of fused-ring (bicyclic) bond motifs is 1. The van der Waals surface area contributed by atoms with Crippen molar-refractivity contribution in [1.29, 1.82) is 0 Å². The number of likely N-dealkylation sites (tertiary alicyclic amines) is 1. The molecule has 0 atom stereocenters. The Morgan fingerprint density at radius 2 is 1.73 bits per heavy atom. The number of carbonyl (C=O) groups excluding carboxylic acids is 2. The molecule has 41 heavy (non-hydrogen) atoms. The first-order chi connectivity index (χ1) is 19.8. The summed E-state index contributed by atoms with van der Waals surface area (Å²) in [5, 5.41) is 17.5. The van der Waals surface area contributed by atoms with Gasteiger partial charge in [-0.15, -0.1) is 0 Å². The number of nitrogens with one attached hydrogen (secondary N) is 2. The minimum atomic E-state index is -0.561. The number of carbonyl (C=O) groups is 2. The maximum Gasteiger partial charge on any atom is 0.415 e. The molecule has 0 spiro atoms. The van der Waals surface area contributed by atoms with Gasteiger partial charge in [0.25, 0.3) is 5.69 Å². The number of hydrogen-bond acceptors (Lipinski definition) is 6. The van der Waals surface area contributed by atoms with Gasteiger partial charge in [0, 0.05) is 65.7 Å². The highest BCUT2D eigenvalue weighted by atomic mass is 35.5. The fourth-order valence-electron chi connectivity index (χ4n) is 4.70. The Morgan fingerprint density at radius 1 is 1.02 bits per heavy atom. The van der Waals surface area contributed by atoms with Crippen LogP contribution in [0.1, 0.15) is 18.4 Å². The van der Waals surface area contributed by atoms with Crippen molar-refractivity contribution in [2.24, 2.45) is 0 Å². The zero-order chi connectivity index (χ0) is 28.9. The van der Waals surface area contributed by atoms with E-state index in [9.17, 15) is 24.5 Å². The maximum absolute atomic E-state index is 13.2. The summed E-state index contributed by atoms with van der Waals surface area (Å²) < 4.78 is 7.19. The van der Waals surface area contributed by atoms with Crippen LogP contribution in [-0.2, 0) is 6.54 Å². The Morgan fingerprint density at radius 3 is 2.41 bits per heavy atom. The van der Waals surface area contributed by atoms with E-state index in [0.29, 0.717) is 47.4 Å². The van der Waals surface area contributed by atoms with Crippen molar-refractivity contribution in [3.63, 3.8) is 0 Å². The first-order valence-electron chi connectivity index (χ1n) is 12.9. The summed E-state index contributed by atoms with van der Waals surface area (Å²) in [7, 11) is 0. The fraction of sp³-hybridized carbons (Fsp3) is 0.207. The van der Waals surface area contributed by atoms with E-state index in [1.807, 2.05) is 34.9 Å². The molecule has 1 aliphatic heterocycles. The summed E-state index contributed by atoms with van der Waals surface area (Å²) >= 11 is 6.21. The smallest absolute Gasteiger partial charge is 0.410 e. The van der Waals surface area contributed by atoms with Crippen LogP contribution in [0.3, 0.4) is 0 Å². The van der Waals surface area contributed by atoms with Crippen molar-refractivity contribution in [3.05, 3.63) is 110 Å². The molecule has 210 valence electrons. The molecule has 4 aromatic rings. The van der Waals surface area contributed by atoms with Crippen LogP contribution in [0.4, 0.5) is 15.3 Å². The summed E-state index contributed by atoms with van der Waals surface area (Å²) in [4.78, 5) is 50.1. The van der Waals surface area contributed by atoms with E-state index in [0.717, 1.165) is 5.69 Å². The minimum absolute atomic E-state index is 0.0243. The van der Waals surface area contributed by atoms with Gasteiger partial charge in [0.2, 0.25) is 0 Å². The number of para-hydroxylation sites is 1. The maximum atomic E-state index is 13.2. The normalized spacial score (nSPS) is 13.5. The largest absolute Gasteiger partial charge is 0.415 e. The van der Waals surface area contributed by atoms with Crippen LogP contribution in [0.25, 0.3) is 16.6 Å². The molecule has 0 aliphatic carbocycles. The number of pyridine rings is 1. The van der Waals surface area contributed by atoms with Gasteiger partial charge in [0.05, 0.1) is 10.4 Å². The lowest BCUT2D eigenvalue weighted by molar-refractivity contribution is -0.384. The van der Waals surface area contributed by atoms with Crippen LogP contribution in [-0.4, -0.2) is 45.6 Å². The molecule has 2 heterocycles. The molecule has 11 nitrogen and oxygen atoms in total. The van der Waals surface area contributed by atoms with E-state index in [1.165, 1.54) is 29.2 Å². The van der Waals surface area contributed by atoms with Gasteiger partial charge in [-0.3, -0.25) is 14.9 Å². The van der Waals surface area contributed by atoms with Gasteiger partial charge < -0.3 is 24.8 Å². The Labute approximate surface area is 239 Å². The second-order valence-electron chi connectivity index (χ2n) is 9.56. The van der Waals surface area contributed by atoms with Crippen molar-refractivity contribution >= 4 is 40.3 Å². The standard InChI is InChI=1S/C29H26ClN5O6/c30-20-6-11-25-26(16-20)34(22-4-2-1-3-5-22)18-19(27(25)36)17-31-28(37)32-21-12-14-33(15-13-21)29(38)41-24-9-7-23(8-10-24)35(39)40/h1-11,16,18,21H,12-15,17H2,(H2,31,32,37). The number of rotatable bonds is 6. The van der Waals surface area contributed by atoms with E-state index in [4.69, 9.17) is 16.3 Å². The zero-order valence-corrected chi connectivity index (χ0v) is 22.5. The molecular weight excluding hydrogens is 550 g/mol. The number of amides is 3. The summed E-state index contributed by atoms with van der Waals surface area (Å²) in [6, 6.07) is 19.3. The van der Waals surface area contributed by atoms with Gasteiger partial charge >= 0.3 is 12.1 Å². The molecule has 2 N–H and O–H groups in total. The number of non-ortho nitro benzene ring substituents is 1. The van der Waals surface area contributed by atoms with Gasteiger partial charge in [0.1, 0.15) is 5.75 Å². The quantitative estimate of drug-likeness (QED) is 0.245. The third-order valence-corrected chi connectivity index (χ3v) is 7.09. The lowest BCUT2D eigenvalue weighted by atomic mass is 10.1. The van der Waals surface area contributed by atoms with Gasteiger partial charge in [-0.1, -0.05) is 29.8 Å². The van der Waals surface area contributed by atoms with Gasteiger partial charge in [0.15, 0.2) is 5.43 Å². The second-order valence-corrected chi connectivity index (χ2v) is 9.99. The third-order valence-electron chi connectivity index (χ3n) is 6.86. The van der Waals surface area contributed by atoms with E-state index in [-0.39, 0.29) is 29.5 Å². The first kappa shape index (κ1) is 27.7. The molecule has 1 aromatic heterocycles. The van der Waals surface area contributed by atoms with Crippen LogP contribution in [0.15, 0.2) is 83.8 Å². The number of hydrogen-bond donors (Lipinski definition) is 2. The second kappa shape index (κ2) is 12.1. The molecule has 0 unspecified atom stereocenters. The molecule has 3 amide bonds. The third kappa shape index (κ3) is 6.47. The lowest BCUT2D eigenvalue weighted by Crippen LogP contribution is -2.49. The van der Waals surface area contributed by atoms with Crippen LogP contribution in [0.2, 0.25) is 5.02 Å². The summed E-state index contributed by atoms with van der Waals surface area (Å²) in [6.07, 6.45) is 2.18. The number of halogens is 1. The molecule has 12 heteroatoms. The topological polar surface area (TPSA) is 136 Å². The molecule has 5 rings (SSSR count). The predicted molar refractivity (Wildman–Crippen MR) is 154 cm³/mol. The van der Waals surface area contributed by atoms with Crippen molar-refractivity contribution in [1.82, 2.24) is 20.1 Å². The predicted octanol–water partition coefficient (Wildman–Crippen LogP) is 5.01. The van der Waals surface area contributed by atoms with Crippen molar-refractivity contribution < 1.29 is 19.2 Å². The SMILES string of the molecule is O=C(NCc1cn(-c2ccccc2)c2cc(Cl)ccc2c1=O)NC1CCN(C(=O)Oc2ccc([N+](=O)[O-])cc2)CC1. The van der Waals surface area contributed by atoms with Crippen LogP contribution >= 0.6 is 11.6 Å². The van der Waals surface area contributed by atoms with Crippen LogP contribution < -0.4 is 20.8 Å². The van der Waals surface area contributed by atoms with Gasteiger partial charge in [-0.2, -0.15) is 0 Å². The Balaban J connectivity index is 1.17. The molecule has 1 aliphatic rings. The fourth-order valence-corrected chi connectivity index (χ4v) is 4.87. The van der Waals surface area contributed by atoms with E-state index >= 15 is 0 Å². The number of ether oxygens (including phenoxy) is 1. The number of nitrogens with zero attached hydrogens (tertiary/aromatic N) is 3. The highest BCUT2D eigenvalue weighted by Crippen LogP contribution is 2.22. The Kier molecular flexibility index (Phi) is 8.16. The number of piperidine rings is 1. The zero-order valence-electron chi connectivity index (χ0n) is 21.8. The van der Waals surface area contributed by atoms with Crippen molar-refractivity contribution in [2.45, 2.75) is 25.4 Å². The monoisotopic (exact) mass is 575 g/mol. The number of nitro groups is 1. The van der Waals surface area contributed by atoms with E-state index in [1.54, 1.807) is 24.4 Å². The van der Waals surface area contributed by atoms with Gasteiger partial charge in [-0.25, -0.2) is 9.59 Å². The Hall–Kier alpha value is -4.90. The number of benzene rings is 3. The summed E-state index contributed by atoms with van der Waals surface area (Å²) in [5.41, 5.74) is 1.65. The lowest BCUT2D eigenvalue weighted by Gasteiger charge is -2.31. The molecule has 0 bridgehead atoms. The van der Waals surface area contributed by atoms with E-state index < -0.39 is 17.0 Å². The Bertz CT molecular complexity index is 1650. The van der Waals surface area contributed by atoms with Gasteiger partial charge in [-0.05, 0) is 55.3 Å². The molecule has 1 fully saturated rings. The first-order valence-corrected chi connectivity index (χ1v) is 13.3. The average molecular weight is 576 g/mol. The summed E-state index contributed by atoms with van der Waals surface area (Å²) in [5.74, 6) is 0.211. The molecule has 0 radical (unpaired) electrons. The highest BCUT2D eigenvalue weighted by Gasteiger charge is 2.25. The molecule has 1 saturated heterocycles. The molecule has 0 saturated carbocycles. The van der Waals surface area contributed by atoms with Crippen molar-refractivity contribution in [3.8, 4) is 11.4 Å². The minimum Gasteiger partial charge on any atom is -0.410 e. The molecular formula is C29H26ClN5O6. The number of aromatic nitrogens is 1. The van der Waals surface area contributed by atoms with E-state index in [2.05, 4.69) is 10.6 Å². The number of urea groups is 1. The molecule has 3 aromatic carbocycles.